The third-order valence-corrected chi connectivity index (χ3v) is 4.69. The van der Waals surface area contributed by atoms with Gasteiger partial charge < -0.3 is 10.1 Å². The molecule has 0 radical (unpaired) electrons. The molecule has 0 spiro atoms. The fourth-order valence-electron chi connectivity index (χ4n) is 3.24. The predicted octanol–water partition coefficient (Wildman–Crippen LogP) is 3.32. The van der Waals surface area contributed by atoms with Crippen LogP contribution in [0.25, 0.3) is 5.69 Å². The van der Waals surface area contributed by atoms with Crippen LogP contribution in [0.5, 0.6) is 0 Å². The Balaban J connectivity index is 1.38. The molecule has 3 aromatic rings. The molecule has 1 N–H and O–H groups in total. The number of rotatable bonds is 6. The number of morpholine rings is 1. The number of benzene rings is 2. The first-order chi connectivity index (χ1) is 12.9. The molecule has 26 heavy (non-hydrogen) atoms. The molecule has 2 aromatic carbocycles. The van der Waals surface area contributed by atoms with Crippen LogP contribution in [0.2, 0.25) is 0 Å². The average Bonchev–Trinajstić information content (AvgIpc) is 3.23. The molecule has 0 saturated carbocycles. The summed E-state index contributed by atoms with van der Waals surface area (Å²) in [4.78, 5) is 2.44. The maximum atomic E-state index is 5.41. The van der Waals surface area contributed by atoms with E-state index in [2.05, 4.69) is 57.8 Å². The van der Waals surface area contributed by atoms with Gasteiger partial charge in [0.25, 0.3) is 0 Å². The van der Waals surface area contributed by atoms with E-state index in [0.717, 1.165) is 50.8 Å². The molecule has 1 saturated heterocycles. The molecule has 1 aliphatic rings. The van der Waals surface area contributed by atoms with Crippen LogP contribution >= 0.6 is 0 Å². The van der Waals surface area contributed by atoms with Gasteiger partial charge in [-0.25, -0.2) is 4.68 Å². The van der Waals surface area contributed by atoms with E-state index in [4.69, 9.17) is 4.74 Å². The maximum absolute atomic E-state index is 5.41. The maximum Gasteiger partial charge on any atom is 0.0695 e. The molecular weight excluding hydrogens is 324 g/mol. The van der Waals surface area contributed by atoms with Crippen molar-refractivity contribution in [2.45, 2.75) is 13.1 Å². The molecule has 5 heteroatoms. The van der Waals surface area contributed by atoms with Gasteiger partial charge in [0.05, 0.1) is 18.9 Å². The van der Waals surface area contributed by atoms with E-state index >= 15 is 0 Å². The zero-order chi connectivity index (χ0) is 17.6. The van der Waals surface area contributed by atoms with Gasteiger partial charge in [0.2, 0.25) is 0 Å². The van der Waals surface area contributed by atoms with E-state index in [1.54, 1.807) is 6.20 Å². The minimum atomic E-state index is 0.763. The zero-order valence-electron chi connectivity index (χ0n) is 14.8. The lowest BCUT2D eigenvalue weighted by Gasteiger charge is -2.26. The Kier molecular flexibility index (Phi) is 5.28. The van der Waals surface area contributed by atoms with Gasteiger partial charge in [-0.2, -0.15) is 5.10 Å². The average molecular weight is 348 g/mol. The van der Waals surface area contributed by atoms with E-state index in [9.17, 15) is 0 Å². The van der Waals surface area contributed by atoms with Crippen molar-refractivity contribution in [3.8, 4) is 5.69 Å². The van der Waals surface area contributed by atoms with Crippen LogP contribution in [0.15, 0.2) is 67.0 Å². The highest BCUT2D eigenvalue weighted by Crippen LogP contribution is 2.17. The first kappa shape index (κ1) is 16.8. The van der Waals surface area contributed by atoms with Gasteiger partial charge in [-0.3, -0.25) is 4.90 Å². The minimum Gasteiger partial charge on any atom is -0.381 e. The van der Waals surface area contributed by atoms with Crippen LogP contribution < -0.4 is 5.32 Å². The Labute approximate surface area is 154 Å². The summed E-state index contributed by atoms with van der Waals surface area (Å²) in [5.74, 6) is 0. The second-order valence-electron chi connectivity index (χ2n) is 6.52. The van der Waals surface area contributed by atoms with Crippen molar-refractivity contribution >= 4 is 5.69 Å². The summed E-state index contributed by atoms with van der Waals surface area (Å²) < 4.78 is 7.31. The van der Waals surface area contributed by atoms with Gasteiger partial charge in [0.1, 0.15) is 0 Å². The third-order valence-electron chi connectivity index (χ3n) is 4.69. The fourth-order valence-corrected chi connectivity index (χ4v) is 3.24. The summed E-state index contributed by atoms with van der Waals surface area (Å²) in [6.45, 7) is 5.48. The number of nitrogens with zero attached hydrogens (tertiary/aromatic N) is 3. The summed E-state index contributed by atoms with van der Waals surface area (Å²) in [6, 6.07) is 19.0. The van der Waals surface area contributed by atoms with Crippen molar-refractivity contribution in [2.75, 3.05) is 31.6 Å². The van der Waals surface area contributed by atoms with Gasteiger partial charge in [-0.1, -0.05) is 30.3 Å². The number of aromatic nitrogens is 2. The molecule has 0 atom stereocenters. The van der Waals surface area contributed by atoms with Crippen LogP contribution in [0.1, 0.15) is 11.1 Å². The lowest BCUT2D eigenvalue weighted by molar-refractivity contribution is 0.0342. The van der Waals surface area contributed by atoms with E-state index in [1.807, 2.05) is 23.0 Å². The molecule has 0 amide bonds. The Morgan fingerprint density at radius 3 is 2.54 bits per heavy atom. The molecule has 0 bridgehead atoms. The molecule has 0 aliphatic carbocycles. The predicted molar refractivity (Wildman–Crippen MR) is 103 cm³/mol. The first-order valence-electron chi connectivity index (χ1n) is 9.09. The molecule has 134 valence electrons. The van der Waals surface area contributed by atoms with E-state index in [0.29, 0.717) is 0 Å². The van der Waals surface area contributed by atoms with Gasteiger partial charge in [-0.15, -0.1) is 0 Å². The highest BCUT2D eigenvalue weighted by Gasteiger charge is 2.10. The number of anilines is 1. The quantitative estimate of drug-likeness (QED) is 0.742. The molecule has 1 aliphatic heterocycles. The lowest BCUT2D eigenvalue weighted by atomic mass is 10.1. The normalized spacial score (nSPS) is 15.1. The number of hydrogen-bond acceptors (Lipinski definition) is 4. The number of ether oxygens (including phenoxy) is 1. The van der Waals surface area contributed by atoms with Crippen molar-refractivity contribution in [2.24, 2.45) is 0 Å². The second-order valence-corrected chi connectivity index (χ2v) is 6.52. The molecule has 5 nitrogen and oxygen atoms in total. The van der Waals surface area contributed by atoms with Crippen LogP contribution in [-0.4, -0.2) is 41.0 Å². The fraction of sp³-hybridized carbons (Fsp3) is 0.286. The summed E-state index contributed by atoms with van der Waals surface area (Å²) in [5, 5.41) is 7.86. The van der Waals surface area contributed by atoms with Crippen molar-refractivity contribution in [3.63, 3.8) is 0 Å². The summed E-state index contributed by atoms with van der Waals surface area (Å²) in [6.07, 6.45) is 3.77. The van der Waals surface area contributed by atoms with E-state index in [-0.39, 0.29) is 0 Å². The van der Waals surface area contributed by atoms with Crippen LogP contribution in [0.4, 0.5) is 5.69 Å². The lowest BCUT2D eigenvalue weighted by Crippen LogP contribution is -2.35. The number of nitrogens with one attached hydrogen (secondary N) is 1. The zero-order valence-corrected chi connectivity index (χ0v) is 14.8. The van der Waals surface area contributed by atoms with Crippen molar-refractivity contribution in [1.29, 1.82) is 0 Å². The highest BCUT2D eigenvalue weighted by atomic mass is 16.5. The van der Waals surface area contributed by atoms with Gasteiger partial charge in [-0.05, 0) is 35.4 Å². The monoisotopic (exact) mass is 348 g/mol. The van der Waals surface area contributed by atoms with Crippen molar-refractivity contribution in [1.82, 2.24) is 14.7 Å². The molecule has 0 unspecified atom stereocenters. The Bertz CT molecular complexity index is 808. The van der Waals surface area contributed by atoms with Crippen molar-refractivity contribution < 1.29 is 4.74 Å². The van der Waals surface area contributed by atoms with E-state index < -0.39 is 0 Å². The molecule has 4 rings (SSSR count). The first-order valence-corrected chi connectivity index (χ1v) is 9.09. The number of hydrogen-bond donors (Lipinski definition) is 1. The summed E-state index contributed by atoms with van der Waals surface area (Å²) in [7, 11) is 0. The largest absolute Gasteiger partial charge is 0.381 e. The number of para-hydroxylation sites is 1. The topological polar surface area (TPSA) is 42.3 Å². The summed E-state index contributed by atoms with van der Waals surface area (Å²) in [5.41, 5.74) is 4.79. The molecule has 1 fully saturated rings. The van der Waals surface area contributed by atoms with Gasteiger partial charge in [0.15, 0.2) is 0 Å². The smallest absolute Gasteiger partial charge is 0.0695 e. The SMILES string of the molecule is c1ccc(-n2cccn2)c(CNc2ccc(CN3CCOCC3)cc2)c1. The van der Waals surface area contributed by atoms with E-state index in [1.165, 1.54) is 11.1 Å². The second kappa shape index (κ2) is 8.17. The van der Waals surface area contributed by atoms with Crippen molar-refractivity contribution in [3.05, 3.63) is 78.1 Å². The van der Waals surface area contributed by atoms with Gasteiger partial charge in [0, 0.05) is 44.3 Å². The van der Waals surface area contributed by atoms with Crippen LogP contribution in [-0.2, 0) is 17.8 Å². The summed E-state index contributed by atoms with van der Waals surface area (Å²) >= 11 is 0. The van der Waals surface area contributed by atoms with Crippen LogP contribution in [0, 0.1) is 0 Å². The van der Waals surface area contributed by atoms with Gasteiger partial charge >= 0.3 is 0 Å². The molecule has 1 aromatic heterocycles. The Morgan fingerprint density at radius 2 is 1.77 bits per heavy atom. The third kappa shape index (κ3) is 4.12. The standard InChI is InChI=1S/C21H24N4O/c1-2-5-21(25-11-3-10-23-25)19(4-1)16-22-20-8-6-18(7-9-20)17-24-12-14-26-15-13-24/h1-11,22H,12-17H2. The van der Waals surface area contributed by atoms with Crippen LogP contribution in [0.3, 0.4) is 0 Å². The molecule has 2 heterocycles. The molecular formula is C21H24N4O. The highest BCUT2D eigenvalue weighted by molar-refractivity contribution is 5.48. The Morgan fingerprint density at radius 1 is 0.962 bits per heavy atom. The Hall–Kier alpha value is -2.63. The minimum absolute atomic E-state index is 0.763.